The number of ketones is 1. The molecule has 1 atom stereocenters. The SMILES string of the molecule is CN1C(=O)c2c(OCc3ccccc3)c(=O)ccn2NC1CCCC(=O)c1ccc(F)cc1. The molecule has 33 heavy (non-hydrogen) atoms. The number of fused-ring (bicyclic) bond motifs is 1. The maximum Gasteiger partial charge on any atom is 0.277 e. The Morgan fingerprint density at radius 2 is 1.79 bits per heavy atom. The molecule has 0 spiro atoms. The van der Waals surface area contributed by atoms with Gasteiger partial charge in [-0.25, -0.2) is 4.39 Å². The Balaban J connectivity index is 1.43. The number of rotatable bonds is 8. The van der Waals surface area contributed by atoms with Gasteiger partial charge in [-0.2, -0.15) is 0 Å². The second-order valence-electron chi connectivity index (χ2n) is 7.89. The highest BCUT2D eigenvalue weighted by Gasteiger charge is 2.32. The molecule has 8 heteroatoms. The van der Waals surface area contributed by atoms with Crippen molar-refractivity contribution >= 4 is 11.7 Å². The van der Waals surface area contributed by atoms with Crippen molar-refractivity contribution in [3.05, 3.63) is 99.7 Å². The molecule has 7 nitrogen and oxygen atoms in total. The first-order chi connectivity index (χ1) is 15.9. The molecule has 1 amide bonds. The predicted molar refractivity (Wildman–Crippen MR) is 121 cm³/mol. The van der Waals surface area contributed by atoms with E-state index in [4.69, 9.17) is 4.74 Å². The molecule has 2 aromatic carbocycles. The molecule has 2 heterocycles. The number of ether oxygens (including phenoxy) is 1. The second kappa shape index (κ2) is 9.68. The van der Waals surface area contributed by atoms with E-state index in [1.807, 2.05) is 30.3 Å². The molecule has 0 radical (unpaired) electrons. The van der Waals surface area contributed by atoms with Crippen molar-refractivity contribution in [1.82, 2.24) is 9.58 Å². The Kier molecular flexibility index (Phi) is 6.53. The van der Waals surface area contributed by atoms with E-state index in [-0.39, 0.29) is 53.6 Å². The first-order valence-corrected chi connectivity index (χ1v) is 10.7. The van der Waals surface area contributed by atoms with E-state index in [2.05, 4.69) is 5.43 Å². The average Bonchev–Trinajstić information content (AvgIpc) is 2.82. The standard InChI is InChI=1S/C25H24FN3O4/c1-28-22(9-5-8-20(30)18-10-12-19(26)13-11-18)27-29-15-14-21(31)24(23(29)25(28)32)33-16-17-6-3-2-4-7-17/h2-4,6-7,10-15,22,27H,5,8-9,16H2,1H3. The number of halogens is 1. The highest BCUT2D eigenvalue weighted by molar-refractivity contribution is 5.96. The number of benzene rings is 2. The fourth-order valence-electron chi connectivity index (χ4n) is 3.75. The van der Waals surface area contributed by atoms with Crippen molar-refractivity contribution in [2.75, 3.05) is 12.5 Å². The van der Waals surface area contributed by atoms with Crippen molar-refractivity contribution in [3.63, 3.8) is 0 Å². The van der Waals surface area contributed by atoms with Crippen LogP contribution in [0, 0.1) is 5.82 Å². The fraction of sp³-hybridized carbons (Fsp3) is 0.240. The summed E-state index contributed by atoms with van der Waals surface area (Å²) >= 11 is 0. The van der Waals surface area contributed by atoms with Gasteiger partial charge in [0.15, 0.2) is 17.2 Å². The van der Waals surface area contributed by atoms with Gasteiger partial charge in [-0.15, -0.1) is 0 Å². The van der Waals surface area contributed by atoms with Gasteiger partial charge < -0.3 is 15.1 Å². The van der Waals surface area contributed by atoms with E-state index in [1.54, 1.807) is 7.05 Å². The van der Waals surface area contributed by atoms with Gasteiger partial charge in [0.2, 0.25) is 5.43 Å². The van der Waals surface area contributed by atoms with E-state index < -0.39 is 0 Å². The predicted octanol–water partition coefficient (Wildman–Crippen LogP) is 3.57. The highest BCUT2D eigenvalue weighted by Crippen LogP contribution is 2.23. The Morgan fingerprint density at radius 3 is 2.52 bits per heavy atom. The smallest absolute Gasteiger partial charge is 0.277 e. The third-order valence-corrected chi connectivity index (χ3v) is 5.61. The van der Waals surface area contributed by atoms with Crippen LogP contribution in [-0.2, 0) is 6.61 Å². The van der Waals surface area contributed by atoms with Gasteiger partial charge >= 0.3 is 0 Å². The fourth-order valence-corrected chi connectivity index (χ4v) is 3.75. The van der Waals surface area contributed by atoms with E-state index in [9.17, 15) is 18.8 Å². The van der Waals surface area contributed by atoms with Crippen molar-refractivity contribution in [3.8, 4) is 5.75 Å². The molecule has 1 N–H and O–H groups in total. The Hall–Kier alpha value is -3.94. The van der Waals surface area contributed by atoms with Gasteiger partial charge in [-0.1, -0.05) is 30.3 Å². The van der Waals surface area contributed by atoms with Crippen molar-refractivity contribution in [2.45, 2.75) is 32.0 Å². The molecule has 0 saturated carbocycles. The molecule has 1 aliphatic rings. The molecule has 0 bridgehead atoms. The van der Waals surface area contributed by atoms with E-state index in [0.29, 0.717) is 18.4 Å². The number of hydrogen-bond acceptors (Lipinski definition) is 5. The minimum Gasteiger partial charge on any atom is -0.482 e. The zero-order valence-corrected chi connectivity index (χ0v) is 18.2. The van der Waals surface area contributed by atoms with Crippen LogP contribution >= 0.6 is 0 Å². The molecule has 3 aromatic rings. The molecule has 1 aliphatic heterocycles. The number of nitrogens with zero attached hydrogens (tertiary/aromatic N) is 2. The summed E-state index contributed by atoms with van der Waals surface area (Å²) in [5.41, 5.74) is 4.31. The summed E-state index contributed by atoms with van der Waals surface area (Å²) in [6, 6.07) is 16.2. The number of carbonyl (C=O) groups is 2. The minimum absolute atomic E-state index is 0.00404. The zero-order valence-electron chi connectivity index (χ0n) is 18.2. The van der Waals surface area contributed by atoms with Crippen molar-refractivity contribution in [2.24, 2.45) is 0 Å². The Labute approximate surface area is 190 Å². The molecule has 4 rings (SSSR count). The maximum atomic E-state index is 13.1. The summed E-state index contributed by atoms with van der Waals surface area (Å²) in [5, 5.41) is 0. The summed E-state index contributed by atoms with van der Waals surface area (Å²) in [6.07, 6.45) is 2.46. The number of pyridine rings is 1. The lowest BCUT2D eigenvalue weighted by atomic mass is 10.0. The number of Topliss-reactive ketones (excluding diaryl/α,β-unsaturated/α-hetero) is 1. The van der Waals surface area contributed by atoms with E-state index >= 15 is 0 Å². The summed E-state index contributed by atoms with van der Waals surface area (Å²) in [5.74, 6) is -0.817. The van der Waals surface area contributed by atoms with Crippen molar-refractivity contribution < 1.29 is 18.7 Å². The summed E-state index contributed by atoms with van der Waals surface area (Å²) in [7, 11) is 1.64. The molecule has 0 fully saturated rings. The molecule has 1 aromatic heterocycles. The van der Waals surface area contributed by atoms with Gasteiger partial charge in [-0.3, -0.25) is 19.1 Å². The minimum atomic E-state index is -0.387. The van der Waals surface area contributed by atoms with Crippen molar-refractivity contribution in [1.29, 1.82) is 0 Å². The molecule has 0 saturated heterocycles. The van der Waals surface area contributed by atoms with Crippen LogP contribution in [0.3, 0.4) is 0 Å². The van der Waals surface area contributed by atoms with E-state index in [1.165, 1.54) is 46.1 Å². The quantitative estimate of drug-likeness (QED) is 0.532. The lowest BCUT2D eigenvalue weighted by molar-refractivity contribution is 0.0677. The molecule has 170 valence electrons. The van der Waals surface area contributed by atoms with Gasteiger partial charge in [0.25, 0.3) is 5.91 Å². The van der Waals surface area contributed by atoms with Crippen LogP contribution in [0.2, 0.25) is 0 Å². The van der Waals surface area contributed by atoms with Gasteiger partial charge in [0, 0.05) is 31.3 Å². The first kappa shape index (κ1) is 22.3. The third kappa shape index (κ3) is 4.95. The largest absolute Gasteiger partial charge is 0.482 e. The average molecular weight is 449 g/mol. The first-order valence-electron chi connectivity index (χ1n) is 10.7. The summed E-state index contributed by atoms with van der Waals surface area (Å²) < 4.78 is 20.3. The lowest BCUT2D eigenvalue weighted by Gasteiger charge is -2.36. The monoisotopic (exact) mass is 449 g/mol. The summed E-state index contributed by atoms with van der Waals surface area (Å²) in [4.78, 5) is 39.4. The van der Waals surface area contributed by atoms with Crippen LogP contribution in [-0.4, -0.2) is 34.5 Å². The lowest BCUT2D eigenvalue weighted by Crippen LogP contribution is -2.52. The molecular weight excluding hydrogens is 425 g/mol. The normalized spacial score (nSPS) is 15.0. The maximum absolute atomic E-state index is 13.1. The van der Waals surface area contributed by atoms with Crippen LogP contribution in [0.4, 0.5) is 4.39 Å². The van der Waals surface area contributed by atoms with Crippen LogP contribution in [0.5, 0.6) is 5.75 Å². The molecule has 1 unspecified atom stereocenters. The van der Waals surface area contributed by atoms with Crippen LogP contribution in [0.1, 0.15) is 45.7 Å². The topological polar surface area (TPSA) is 80.6 Å². The Morgan fingerprint density at radius 1 is 1.06 bits per heavy atom. The van der Waals surface area contributed by atoms with Crippen LogP contribution in [0.25, 0.3) is 0 Å². The molecular formula is C25H24FN3O4. The number of carbonyl (C=O) groups excluding carboxylic acids is 2. The second-order valence-corrected chi connectivity index (χ2v) is 7.89. The van der Waals surface area contributed by atoms with Gasteiger partial charge in [0.1, 0.15) is 18.6 Å². The summed E-state index contributed by atoms with van der Waals surface area (Å²) in [6.45, 7) is 0.166. The van der Waals surface area contributed by atoms with E-state index in [0.717, 1.165) is 5.56 Å². The third-order valence-electron chi connectivity index (χ3n) is 5.61. The number of nitrogens with one attached hydrogen (secondary N) is 1. The van der Waals surface area contributed by atoms with Gasteiger partial charge in [0.05, 0.1) is 0 Å². The van der Waals surface area contributed by atoms with Gasteiger partial charge in [-0.05, 0) is 42.7 Å². The number of hydrogen-bond donors (Lipinski definition) is 1. The zero-order chi connectivity index (χ0) is 23.4. The van der Waals surface area contributed by atoms with Crippen LogP contribution in [0.15, 0.2) is 71.7 Å². The highest BCUT2D eigenvalue weighted by atomic mass is 19.1. The number of aromatic nitrogens is 1. The van der Waals surface area contributed by atoms with Crippen LogP contribution < -0.4 is 15.6 Å². The number of amides is 1. The Bertz CT molecular complexity index is 1210. The molecule has 0 aliphatic carbocycles.